The smallest absolute Gasteiger partial charge is 0.416 e. The quantitative estimate of drug-likeness (QED) is 0.719. The van der Waals surface area contributed by atoms with E-state index in [4.69, 9.17) is 4.43 Å². The standard InChI is InChI=1S/C18H21F3OSi/c1-3-17(4-2,22-23)15-9-5-13(6-10-15)14-7-11-16(12-8-14)18(19,20)21/h5-12H,3-4H2,1-2,23H3. The van der Waals surface area contributed by atoms with Gasteiger partial charge in [0.2, 0.25) is 0 Å². The van der Waals surface area contributed by atoms with E-state index in [0.717, 1.165) is 41.7 Å². The minimum atomic E-state index is -4.30. The van der Waals surface area contributed by atoms with Crippen LogP contribution in [-0.4, -0.2) is 10.5 Å². The van der Waals surface area contributed by atoms with Crippen LogP contribution in [0, 0.1) is 0 Å². The lowest BCUT2D eigenvalue weighted by atomic mass is 9.87. The van der Waals surface area contributed by atoms with Crippen LogP contribution in [0.4, 0.5) is 13.2 Å². The van der Waals surface area contributed by atoms with Crippen molar-refractivity contribution >= 4 is 10.5 Å². The molecule has 0 saturated heterocycles. The zero-order chi connectivity index (χ0) is 17.1. The second-order valence-corrected chi connectivity index (χ2v) is 5.97. The molecule has 0 aliphatic rings. The molecule has 0 fully saturated rings. The van der Waals surface area contributed by atoms with E-state index in [1.54, 1.807) is 0 Å². The largest absolute Gasteiger partial charge is 0.418 e. The number of hydrogen-bond donors (Lipinski definition) is 0. The van der Waals surface area contributed by atoms with Gasteiger partial charge in [-0.25, -0.2) is 0 Å². The molecular weight excluding hydrogens is 317 g/mol. The number of benzene rings is 2. The van der Waals surface area contributed by atoms with Crippen molar-refractivity contribution in [2.45, 2.75) is 38.5 Å². The monoisotopic (exact) mass is 338 g/mol. The van der Waals surface area contributed by atoms with Crippen molar-refractivity contribution in [3.63, 3.8) is 0 Å². The van der Waals surface area contributed by atoms with Crippen LogP contribution >= 0.6 is 0 Å². The van der Waals surface area contributed by atoms with E-state index in [0.29, 0.717) is 10.5 Å². The highest BCUT2D eigenvalue weighted by Gasteiger charge is 2.30. The van der Waals surface area contributed by atoms with E-state index in [-0.39, 0.29) is 5.60 Å². The van der Waals surface area contributed by atoms with E-state index in [1.165, 1.54) is 12.1 Å². The van der Waals surface area contributed by atoms with Gasteiger partial charge in [0.15, 0.2) is 0 Å². The Labute approximate surface area is 138 Å². The van der Waals surface area contributed by atoms with Crippen molar-refractivity contribution in [3.05, 3.63) is 59.7 Å². The Hall–Kier alpha value is -1.59. The normalized spacial score (nSPS) is 12.6. The van der Waals surface area contributed by atoms with Crippen molar-refractivity contribution in [2.75, 3.05) is 0 Å². The van der Waals surface area contributed by atoms with E-state index in [9.17, 15) is 13.2 Å². The molecule has 0 atom stereocenters. The molecule has 0 amide bonds. The molecule has 0 aromatic heterocycles. The predicted molar refractivity (Wildman–Crippen MR) is 90.2 cm³/mol. The molecule has 0 spiro atoms. The lowest BCUT2D eigenvalue weighted by Crippen LogP contribution is -2.27. The molecule has 0 heterocycles. The van der Waals surface area contributed by atoms with Gasteiger partial charge in [0.25, 0.3) is 0 Å². The van der Waals surface area contributed by atoms with Crippen LogP contribution in [0.2, 0.25) is 0 Å². The van der Waals surface area contributed by atoms with Gasteiger partial charge in [-0.05, 0) is 41.7 Å². The van der Waals surface area contributed by atoms with Gasteiger partial charge in [0, 0.05) is 0 Å². The molecule has 0 bridgehead atoms. The summed E-state index contributed by atoms with van der Waals surface area (Å²) in [6.07, 6.45) is -2.51. The van der Waals surface area contributed by atoms with E-state index in [1.807, 2.05) is 24.3 Å². The predicted octanol–water partition coefficient (Wildman–Crippen LogP) is 4.68. The molecule has 0 N–H and O–H groups in total. The molecule has 2 aromatic rings. The zero-order valence-electron chi connectivity index (χ0n) is 13.6. The maximum absolute atomic E-state index is 12.6. The van der Waals surface area contributed by atoms with Gasteiger partial charge in [-0.1, -0.05) is 50.2 Å². The number of alkyl halides is 3. The molecular formula is C18H21F3OSi. The molecule has 23 heavy (non-hydrogen) atoms. The molecule has 0 saturated carbocycles. The van der Waals surface area contributed by atoms with Crippen molar-refractivity contribution < 1.29 is 17.6 Å². The summed E-state index contributed by atoms with van der Waals surface area (Å²) in [6.45, 7) is 4.20. The third-order valence-electron chi connectivity index (χ3n) is 4.49. The molecule has 0 aliphatic heterocycles. The Balaban J connectivity index is 2.29. The molecule has 0 unspecified atom stereocenters. The van der Waals surface area contributed by atoms with Crippen molar-refractivity contribution in [3.8, 4) is 11.1 Å². The summed E-state index contributed by atoms with van der Waals surface area (Å²) in [6, 6.07) is 13.2. The number of hydrogen-bond acceptors (Lipinski definition) is 1. The first-order valence-corrected chi connectivity index (χ1v) is 8.51. The molecule has 2 rings (SSSR count). The summed E-state index contributed by atoms with van der Waals surface area (Å²) in [5, 5.41) is 0. The second kappa shape index (κ2) is 6.89. The van der Waals surface area contributed by atoms with Gasteiger partial charge >= 0.3 is 6.18 Å². The average molecular weight is 338 g/mol. The fourth-order valence-corrected chi connectivity index (χ4v) is 3.70. The van der Waals surface area contributed by atoms with Gasteiger partial charge < -0.3 is 4.43 Å². The highest BCUT2D eigenvalue weighted by atomic mass is 28.2. The van der Waals surface area contributed by atoms with Gasteiger partial charge in [0.05, 0.1) is 11.2 Å². The average Bonchev–Trinajstić information content (AvgIpc) is 2.57. The minimum absolute atomic E-state index is 0.245. The lowest BCUT2D eigenvalue weighted by Gasteiger charge is -2.31. The molecule has 5 heteroatoms. The molecule has 124 valence electrons. The fourth-order valence-electron chi connectivity index (χ4n) is 2.88. The van der Waals surface area contributed by atoms with Crippen LogP contribution in [0.5, 0.6) is 0 Å². The van der Waals surface area contributed by atoms with Crippen LogP contribution < -0.4 is 0 Å². The zero-order valence-corrected chi connectivity index (χ0v) is 15.6. The maximum Gasteiger partial charge on any atom is 0.416 e. The third kappa shape index (κ3) is 3.67. The summed E-state index contributed by atoms with van der Waals surface area (Å²) < 4.78 is 43.7. The topological polar surface area (TPSA) is 9.23 Å². The Morgan fingerprint density at radius 1 is 0.783 bits per heavy atom. The van der Waals surface area contributed by atoms with Crippen molar-refractivity contribution in [2.24, 2.45) is 0 Å². The van der Waals surface area contributed by atoms with Gasteiger partial charge in [-0.2, -0.15) is 13.2 Å². The number of halogens is 3. The van der Waals surface area contributed by atoms with Crippen molar-refractivity contribution in [1.82, 2.24) is 0 Å². The van der Waals surface area contributed by atoms with Crippen LogP contribution in [0.3, 0.4) is 0 Å². The third-order valence-corrected chi connectivity index (χ3v) is 5.27. The van der Waals surface area contributed by atoms with Gasteiger partial charge in [-0.3, -0.25) is 0 Å². The highest BCUT2D eigenvalue weighted by molar-refractivity contribution is 5.98. The first-order chi connectivity index (χ1) is 10.9. The minimum Gasteiger partial charge on any atom is -0.418 e. The molecule has 1 nitrogen and oxygen atoms in total. The van der Waals surface area contributed by atoms with E-state index in [2.05, 4.69) is 13.8 Å². The fraction of sp³-hybridized carbons (Fsp3) is 0.333. The maximum atomic E-state index is 12.6. The summed E-state index contributed by atoms with van der Waals surface area (Å²) in [4.78, 5) is 0. The van der Waals surface area contributed by atoms with Gasteiger partial charge in [-0.15, -0.1) is 0 Å². The summed E-state index contributed by atoms with van der Waals surface area (Å²) in [5.74, 6) is 0. The summed E-state index contributed by atoms with van der Waals surface area (Å²) >= 11 is 0. The Bertz CT molecular complexity index is 621. The van der Waals surface area contributed by atoms with E-state index < -0.39 is 11.7 Å². The van der Waals surface area contributed by atoms with Crippen molar-refractivity contribution in [1.29, 1.82) is 0 Å². The molecule has 0 aliphatic carbocycles. The Morgan fingerprint density at radius 2 is 1.17 bits per heavy atom. The highest BCUT2D eigenvalue weighted by Crippen LogP contribution is 2.34. The van der Waals surface area contributed by atoms with Gasteiger partial charge in [0.1, 0.15) is 10.5 Å². The Morgan fingerprint density at radius 3 is 1.48 bits per heavy atom. The summed E-state index contributed by atoms with van der Waals surface area (Å²) in [5.41, 5.74) is 1.92. The van der Waals surface area contributed by atoms with Crippen LogP contribution in [-0.2, 0) is 16.2 Å². The first-order valence-electron chi connectivity index (χ1n) is 7.69. The van der Waals surface area contributed by atoms with E-state index >= 15 is 0 Å². The first kappa shape index (κ1) is 17.8. The van der Waals surface area contributed by atoms with Crippen LogP contribution in [0.15, 0.2) is 48.5 Å². The lowest BCUT2D eigenvalue weighted by molar-refractivity contribution is -0.137. The second-order valence-electron chi connectivity index (χ2n) is 5.56. The van der Waals surface area contributed by atoms with Crippen LogP contribution in [0.1, 0.15) is 37.8 Å². The summed E-state index contributed by atoms with van der Waals surface area (Å²) in [7, 11) is 0.662. The Kier molecular flexibility index (Phi) is 5.32. The van der Waals surface area contributed by atoms with Crippen LogP contribution in [0.25, 0.3) is 11.1 Å². The number of rotatable bonds is 5. The SMILES string of the molecule is CCC(CC)(O[SiH3])c1ccc(-c2ccc(C(F)(F)F)cc2)cc1. The molecule has 2 aromatic carbocycles. The molecule has 0 radical (unpaired) electrons.